The highest BCUT2D eigenvalue weighted by Gasteiger charge is 2.33. The zero-order valence-electron chi connectivity index (χ0n) is 18.7. The summed E-state index contributed by atoms with van der Waals surface area (Å²) in [6, 6.07) is 18.7. The number of nitrogens with one attached hydrogen (secondary N) is 1. The second-order valence-electron chi connectivity index (χ2n) is 8.83. The second kappa shape index (κ2) is 7.90. The summed E-state index contributed by atoms with van der Waals surface area (Å²) in [6.07, 6.45) is 3.50. The van der Waals surface area contributed by atoms with Gasteiger partial charge in [0.15, 0.2) is 5.69 Å². The van der Waals surface area contributed by atoms with Crippen molar-refractivity contribution in [3.8, 4) is 17.2 Å². The van der Waals surface area contributed by atoms with Gasteiger partial charge in [-0.25, -0.2) is 9.97 Å². The Morgan fingerprint density at radius 2 is 1.88 bits per heavy atom. The second-order valence-corrected chi connectivity index (χ2v) is 10.1. The predicted octanol–water partition coefficient (Wildman–Crippen LogP) is 4.87. The van der Waals surface area contributed by atoms with E-state index >= 15 is 0 Å². The summed E-state index contributed by atoms with van der Waals surface area (Å²) in [5.74, 6) is 0.570. The number of H-pyrrole nitrogens is 1. The number of nitrogens with two attached hydrogens (primary N) is 1. The Hall–Kier alpha value is -3.80. The van der Waals surface area contributed by atoms with Crippen LogP contribution in [0.5, 0.6) is 0 Å². The normalized spacial score (nSPS) is 15.6. The molecule has 0 aliphatic carbocycles. The molecular formula is C26H23N7S. The lowest BCUT2D eigenvalue weighted by Gasteiger charge is -2.39. The third-order valence-electron chi connectivity index (χ3n) is 6.72. The fourth-order valence-corrected chi connectivity index (χ4v) is 5.71. The molecule has 1 saturated heterocycles. The van der Waals surface area contributed by atoms with E-state index in [1.807, 2.05) is 43.5 Å². The van der Waals surface area contributed by atoms with Crippen LogP contribution in [0.25, 0.3) is 32.4 Å². The largest absolute Gasteiger partial charge is 0.345 e. The minimum atomic E-state index is -0.354. The molecule has 0 unspecified atom stereocenters. The Morgan fingerprint density at radius 1 is 1.09 bits per heavy atom. The van der Waals surface area contributed by atoms with Crippen molar-refractivity contribution in [2.24, 2.45) is 5.73 Å². The van der Waals surface area contributed by atoms with Gasteiger partial charge in [0, 0.05) is 30.4 Å². The number of piperidine rings is 1. The van der Waals surface area contributed by atoms with Gasteiger partial charge in [0.05, 0.1) is 20.6 Å². The molecular weight excluding hydrogens is 442 g/mol. The van der Waals surface area contributed by atoms with Crippen LogP contribution in [0.4, 0.5) is 5.95 Å². The average Bonchev–Trinajstić information content (AvgIpc) is 3.46. The average molecular weight is 466 g/mol. The van der Waals surface area contributed by atoms with Crippen molar-refractivity contribution in [3.63, 3.8) is 0 Å². The van der Waals surface area contributed by atoms with Gasteiger partial charge in [-0.05, 0) is 43.0 Å². The molecule has 1 aliphatic heterocycles. The van der Waals surface area contributed by atoms with E-state index in [9.17, 15) is 5.26 Å². The molecule has 7 nitrogen and oxygen atoms in total. The fourth-order valence-electron chi connectivity index (χ4n) is 4.84. The lowest BCUT2D eigenvalue weighted by Crippen LogP contribution is -2.48. The zero-order chi connectivity index (χ0) is 23.3. The Balaban J connectivity index is 1.33. The van der Waals surface area contributed by atoms with Crippen LogP contribution in [0.15, 0.2) is 54.7 Å². The van der Waals surface area contributed by atoms with E-state index in [4.69, 9.17) is 10.7 Å². The van der Waals surface area contributed by atoms with Crippen molar-refractivity contribution in [2.75, 3.05) is 18.0 Å². The van der Waals surface area contributed by atoms with E-state index in [2.05, 4.69) is 44.1 Å². The number of benzene rings is 2. The number of rotatable bonds is 3. The lowest BCUT2D eigenvalue weighted by atomic mass is 9.82. The Bertz CT molecular complexity index is 1550. The minimum absolute atomic E-state index is 0.354. The molecule has 4 heterocycles. The van der Waals surface area contributed by atoms with E-state index < -0.39 is 0 Å². The molecule has 2 aromatic carbocycles. The van der Waals surface area contributed by atoms with Crippen molar-refractivity contribution in [2.45, 2.75) is 25.3 Å². The molecule has 5 aromatic rings. The van der Waals surface area contributed by atoms with E-state index in [1.54, 1.807) is 11.3 Å². The van der Waals surface area contributed by atoms with Gasteiger partial charge in [0.1, 0.15) is 11.7 Å². The van der Waals surface area contributed by atoms with Crippen LogP contribution in [0.3, 0.4) is 0 Å². The lowest BCUT2D eigenvalue weighted by molar-refractivity contribution is 0.340. The highest BCUT2D eigenvalue weighted by molar-refractivity contribution is 7.18. The maximum atomic E-state index is 9.95. The van der Waals surface area contributed by atoms with Crippen LogP contribution in [0.2, 0.25) is 0 Å². The number of nitrogens with zero attached hydrogens (tertiary/aromatic N) is 5. The smallest absolute Gasteiger partial charge is 0.228 e. The van der Waals surface area contributed by atoms with E-state index in [0.717, 1.165) is 63.2 Å². The van der Waals surface area contributed by atoms with Gasteiger partial charge in [-0.3, -0.25) is 0 Å². The number of aromatic amines is 1. The SMILES string of the molecule is Cc1nc2ccc(-c3c[nH]c4nc(N5CCC(N)(c6ccccc6)CC5)nc(C#N)c34)cc2s1. The van der Waals surface area contributed by atoms with Gasteiger partial charge < -0.3 is 15.6 Å². The highest BCUT2D eigenvalue weighted by Crippen LogP contribution is 2.35. The van der Waals surface area contributed by atoms with Crippen molar-refractivity contribution < 1.29 is 0 Å². The number of anilines is 1. The first-order valence-electron chi connectivity index (χ1n) is 11.3. The first-order valence-corrected chi connectivity index (χ1v) is 12.1. The van der Waals surface area contributed by atoms with Crippen LogP contribution < -0.4 is 10.6 Å². The van der Waals surface area contributed by atoms with Gasteiger partial charge in [0.2, 0.25) is 5.95 Å². The van der Waals surface area contributed by atoms with E-state index in [0.29, 0.717) is 17.3 Å². The summed E-state index contributed by atoms with van der Waals surface area (Å²) < 4.78 is 1.12. The van der Waals surface area contributed by atoms with Crippen LogP contribution in [-0.2, 0) is 5.54 Å². The summed E-state index contributed by atoms with van der Waals surface area (Å²) in [5.41, 5.74) is 11.5. The maximum absolute atomic E-state index is 9.95. The number of aryl methyl sites for hydroxylation is 1. The van der Waals surface area contributed by atoms with Crippen molar-refractivity contribution in [1.82, 2.24) is 19.9 Å². The maximum Gasteiger partial charge on any atom is 0.228 e. The summed E-state index contributed by atoms with van der Waals surface area (Å²) in [6.45, 7) is 3.47. The molecule has 0 bridgehead atoms. The van der Waals surface area contributed by atoms with Gasteiger partial charge in [-0.15, -0.1) is 11.3 Å². The number of aromatic nitrogens is 4. The summed E-state index contributed by atoms with van der Waals surface area (Å²) in [7, 11) is 0. The van der Waals surface area contributed by atoms with E-state index in [-0.39, 0.29) is 5.54 Å². The van der Waals surface area contributed by atoms with Crippen molar-refractivity contribution in [3.05, 3.63) is 71.0 Å². The number of hydrogen-bond acceptors (Lipinski definition) is 7. The Kier molecular flexibility index (Phi) is 4.83. The number of fused-ring (bicyclic) bond motifs is 2. The molecule has 3 aromatic heterocycles. The molecule has 8 heteroatoms. The monoisotopic (exact) mass is 465 g/mol. The fraction of sp³-hybridized carbons (Fsp3) is 0.231. The molecule has 0 radical (unpaired) electrons. The minimum Gasteiger partial charge on any atom is -0.345 e. The number of thiazole rings is 1. The van der Waals surface area contributed by atoms with Crippen LogP contribution in [-0.4, -0.2) is 33.0 Å². The molecule has 6 rings (SSSR count). The molecule has 0 spiro atoms. The summed E-state index contributed by atoms with van der Waals surface area (Å²) >= 11 is 1.66. The number of nitriles is 1. The van der Waals surface area contributed by atoms with Crippen molar-refractivity contribution in [1.29, 1.82) is 5.26 Å². The summed E-state index contributed by atoms with van der Waals surface area (Å²) in [4.78, 5) is 19.4. The molecule has 0 amide bonds. The molecule has 1 aliphatic rings. The van der Waals surface area contributed by atoms with Gasteiger partial charge >= 0.3 is 0 Å². The molecule has 3 N–H and O–H groups in total. The molecule has 168 valence electrons. The van der Waals surface area contributed by atoms with Gasteiger partial charge in [0.25, 0.3) is 0 Å². The highest BCUT2D eigenvalue weighted by atomic mass is 32.1. The molecule has 1 fully saturated rings. The first kappa shape index (κ1) is 20.8. The quantitative estimate of drug-likeness (QED) is 0.394. The Morgan fingerprint density at radius 3 is 2.65 bits per heavy atom. The van der Waals surface area contributed by atoms with Crippen LogP contribution in [0, 0.1) is 18.3 Å². The molecule has 34 heavy (non-hydrogen) atoms. The zero-order valence-corrected chi connectivity index (χ0v) is 19.6. The molecule has 0 saturated carbocycles. The van der Waals surface area contributed by atoms with Crippen LogP contribution in [0.1, 0.15) is 29.1 Å². The first-order chi connectivity index (χ1) is 16.5. The van der Waals surface area contributed by atoms with Gasteiger partial charge in [-0.2, -0.15) is 10.2 Å². The number of hydrogen-bond donors (Lipinski definition) is 2. The Labute approximate surface area is 200 Å². The predicted molar refractivity (Wildman–Crippen MR) is 136 cm³/mol. The van der Waals surface area contributed by atoms with Crippen LogP contribution >= 0.6 is 11.3 Å². The van der Waals surface area contributed by atoms with Crippen molar-refractivity contribution >= 4 is 38.5 Å². The topological polar surface area (TPSA) is 108 Å². The molecule has 0 atom stereocenters. The third kappa shape index (κ3) is 3.41. The third-order valence-corrected chi connectivity index (χ3v) is 7.65. The van der Waals surface area contributed by atoms with E-state index in [1.165, 1.54) is 0 Å². The van der Waals surface area contributed by atoms with Gasteiger partial charge in [-0.1, -0.05) is 36.4 Å². The summed E-state index contributed by atoms with van der Waals surface area (Å²) in [5, 5.41) is 11.7. The standard InChI is InChI=1S/C26H23N7S/c1-16-30-20-8-7-17(13-22(20)34-16)19-15-29-24-23(19)21(14-27)31-25(32-24)33-11-9-26(28,10-12-33)18-5-3-2-4-6-18/h2-8,13,15H,9-12,28H2,1H3,(H,29,31,32).